The van der Waals surface area contributed by atoms with Crippen molar-refractivity contribution < 1.29 is 14.1 Å². The van der Waals surface area contributed by atoms with Crippen LogP contribution >= 0.6 is 0 Å². The fourth-order valence-electron chi connectivity index (χ4n) is 2.64. The summed E-state index contributed by atoms with van der Waals surface area (Å²) in [7, 11) is 1.72. The van der Waals surface area contributed by atoms with Gasteiger partial charge in [0.2, 0.25) is 11.7 Å². The summed E-state index contributed by atoms with van der Waals surface area (Å²) in [4.78, 5) is 15.4. The minimum absolute atomic E-state index is 0.135. The van der Waals surface area contributed by atoms with E-state index in [9.17, 15) is 4.79 Å². The molecule has 19 heavy (non-hydrogen) atoms. The molecule has 1 aromatic heterocycles. The first-order valence-electron chi connectivity index (χ1n) is 7.04. The third-order valence-corrected chi connectivity index (χ3v) is 3.87. The van der Waals surface area contributed by atoms with Crippen LogP contribution in [0.25, 0.3) is 0 Å². The predicted molar refractivity (Wildman–Crippen MR) is 69.7 cm³/mol. The molecule has 0 bridgehead atoms. The average Bonchev–Trinajstić information content (AvgIpc) is 2.74. The van der Waals surface area contributed by atoms with E-state index in [1.807, 2.05) is 0 Å². The number of aromatic nitrogens is 2. The van der Waals surface area contributed by atoms with E-state index in [0.717, 1.165) is 25.7 Å². The van der Waals surface area contributed by atoms with E-state index in [-0.39, 0.29) is 5.78 Å². The van der Waals surface area contributed by atoms with Gasteiger partial charge in [0.1, 0.15) is 11.4 Å². The molecular weight excluding hydrogens is 244 g/mol. The summed E-state index contributed by atoms with van der Waals surface area (Å²) in [5.41, 5.74) is -0.394. The van der Waals surface area contributed by atoms with E-state index in [2.05, 4.69) is 10.1 Å². The predicted octanol–water partition coefficient (Wildman–Crippen LogP) is 2.79. The maximum absolute atomic E-state index is 11.0. The van der Waals surface area contributed by atoms with E-state index >= 15 is 0 Å². The maximum Gasteiger partial charge on any atom is 0.227 e. The second kappa shape index (κ2) is 6.28. The Bertz CT molecular complexity index is 420. The van der Waals surface area contributed by atoms with E-state index in [0.29, 0.717) is 24.6 Å². The number of methoxy groups -OCH3 is 1. The third kappa shape index (κ3) is 3.41. The van der Waals surface area contributed by atoms with Crippen molar-refractivity contribution in [3.05, 3.63) is 11.7 Å². The van der Waals surface area contributed by atoms with Gasteiger partial charge in [-0.15, -0.1) is 0 Å². The van der Waals surface area contributed by atoms with Gasteiger partial charge in [-0.05, 0) is 19.8 Å². The van der Waals surface area contributed by atoms with Gasteiger partial charge in [-0.25, -0.2) is 0 Å². The molecule has 0 atom stereocenters. The SMILES string of the molecule is COC1(c2noc(CCC(C)=O)n2)CCCCCC1. The number of ketones is 1. The summed E-state index contributed by atoms with van der Waals surface area (Å²) in [6.07, 6.45) is 7.57. The monoisotopic (exact) mass is 266 g/mol. The Hall–Kier alpha value is -1.23. The normalized spacial score (nSPS) is 19.1. The van der Waals surface area contributed by atoms with Gasteiger partial charge in [0.05, 0.1) is 0 Å². The molecule has 0 radical (unpaired) electrons. The van der Waals surface area contributed by atoms with Gasteiger partial charge in [-0.1, -0.05) is 30.8 Å². The first kappa shape index (κ1) is 14.2. The highest BCUT2D eigenvalue weighted by atomic mass is 16.5. The molecule has 1 heterocycles. The Kier molecular flexibility index (Phi) is 4.69. The van der Waals surface area contributed by atoms with Crippen molar-refractivity contribution in [2.24, 2.45) is 0 Å². The van der Waals surface area contributed by atoms with E-state index in [4.69, 9.17) is 9.26 Å². The minimum atomic E-state index is -0.394. The van der Waals surface area contributed by atoms with Gasteiger partial charge in [0.25, 0.3) is 0 Å². The van der Waals surface area contributed by atoms with E-state index < -0.39 is 5.60 Å². The second-order valence-electron chi connectivity index (χ2n) is 5.33. The zero-order valence-corrected chi connectivity index (χ0v) is 11.8. The van der Waals surface area contributed by atoms with Gasteiger partial charge in [-0.3, -0.25) is 0 Å². The summed E-state index contributed by atoms with van der Waals surface area (Å²) < 4.78 is 11.0. The summed E-state index contributed by atoms with van der Waals surface area (Å²) in [5.74, 6) is 1.32. The molecule has 0 saturated heterocycles. The van der Waals surface area contributed by atoms with Crippen molar-refractivity contribution in [3.8, 4) is 0 Å². The number of ether oxygens (including phenoxy) is 1. The molecule has 0 aromatic carbocycles. The first-order valence-corrected chi connectivity index (χ1v) is 7.04. The molecule has 0 spiro atoms. The number of carbonyl (C=O) groups excluding carboxylic acids is 1. The zero-order valence-electron chi connectivity index (χ0n) is 11.8. The Morgan fingerprint density at radius 2 is 2.00 bits per heavy atom. The molecule has 0 aliphatic heterocycles. The molecule has 1 fully saturated rings. The van der Waals surface area contributed by atoms with Crippen molar-refractivity contribution >= 4 is 5.78 Å². The quantitative estimate of drug-likeness (QED) is 0.767. The second-order valence-corrected chi connectivity index (χ2v) is 5.33. The van der Waals surface area contributed by atoms with Crippen LogP contribution in [0.4, 0.5) is 0 Å². The number of carbonyl (C=O) groups is 1. The van der Waals surface area contributed by atoms with Crippen molar-refractivity contribution in [1.82, 2.24) is 10.1 Å². The van der Waals surface area contributed by atoms with Crippen LogP contribution in [0.3, 0.4) is 0 Å². The van der Waals surface area contributed by atoms with Crippen LogP contribution in [0.15, 0.2) is 4.52 Å². The fourth-order valence-corrected chi connectivity index (χ4v) is 2.64. The number of Topliss-reactive ketones (excluding diaryl/α,β-unsaturated/α-hetero) is 1. The van der Waals surface area contributed by atoms with Gasteiger partial charge in [-0.2, -0.15) is 4.98 Å². The summed E-state index contributed by atoms with van der Waals surface area (Å²) >= 11 is 0. The Morgan fingerprint density at radius 1 is 1.32 bits per heavy atom. The lowest BCUT2D eigenvalue weighted by Crippen LogP contribution is -2.29. The highest BCUT2D eigenvalue weighted by Crippen LogP contribution is 2.37. The Labute approximate surface area is 113 Å². The van der Waals surface area contributed by atoms with Crippen LogP contribution in [0.2, 0.25) is 0 Å². The summed E-state index contributed by atoms with van der Waals surface area (Å²) in [5, 5.41) is 4.08. The topological polar surface area (TPSA) is 65.2 Å². The van der Waals surface area contributed by atoms with Gasteiger partial charge in [0.15, 0.2) is 0 Å². The van der Waals surface area contributed by atoms with Crippen molar-refractivity contribution in [3.63, 3.8) is 0 Å². The molecular formula is C14H22N2O3. The molecule has 1 aliphatic rings. The summed E-state index contributed by atoms with van der Waals surface area (Å²) in [6, 6.07) is 0. The largest absolute Gasteiger partial charge is 0.370 e. The molecule has 1 saturated carbocycles. The van der Waals surface area contributed by atoms with E-state index in [1.165, 1.54) is 12.8 Å². The van der Waals surface area contributed by atoms with Gasteiger partial charge >= 0.3 is 0 Å². The fraction of sp³-hybridized carbons (Fsp3) is 0.786. The molecule has 106 valence electrons. The molecule has 5 heteroatoms. The van der Waals surface area contributed by atoms with Crippen LogP contribution < -0.4 is 0 Å². The lowest BCUT2D eigenvalue weighted by molar-refractivity contribution is -0.117. The highest BCUT2D eigenvalue weighted by molar-refractivity contribution is 5.75. The smallest absolute Gasteiger partial charge is 0.227 e. The highest BCUT2D eigenvalue weighted by Gasteiger charge is 2.37. The van der Waals surface area contributed by atoms with Crippen molar-refractivity contribution in [2.45, 2.75) is 63.9 Å². The van der Waals surface area contributed by atoms with Crippen molar-refractivity contribution in [2.75, 3.05) is 7.11 Å². The standard InChI is InChI=1S/C14H22N2O3/c1-11(17)7-8-12-15-13(16-19-12)14(18-2)9-5-3-4-6-10-14/h3-10H2,1-2H3. The third-order valence-electron chi connectivity index (χ3n) is 3.87. The molecule has 0 unspecified atom stereocenters. The average molecular weight is 266 g/mol. The number of hydrogen-bond donors (Lipinski definition) is 0. The molecule has 2 rings (SSSR count). The minimum Gasteiger partial charge on any atom is -0.370 e. The van der Waals surface area contributed by atoms with Crippen LogP contribution in [-0.4, -0.2) is 23.0 Å². The molecule has 1 aromatic rings. The van der Waals surface area contributed by atoms with E-state index in [1.54, 1.807) is 14.0 Å². The zero-order chi connectivity index (χ0) is 13.7. The number of hydrogen-bond acceptors (Lipinski definition) is 5. The molecule has 5 nitrogen and oxygen atoms in total. The van der Waals surface area contributed by atoms with Gasteiger partial charge in [0, 0.05) is 20.0 Å². The summed E-state index contributed by atoms with van der Waals surface area (Å²) in [6.45, 7) is 1.57. The number of aryl methyl sites for hydroxylation is 1. The molecule has 0 amide bonds. The molecule has 0 N–H and O–H groups in total. The lowest BCUT2D eigenvalue weighted by atomic mass is 9.93. The first-order chi connectivity index (χ1) is 9.16. The van der Waals surface area contributed by atoms with Crippen LogP contribution in [0, 0.1) is 0 Å². The Balaban J connectivity index is 2.11. The lowest BCUT2D eigenvalue weighted by Gasteiger charge is -2.27. The number of nitrogens with zero attached hydrogens (tertiary/aromatic N) is 2. The van der Waals surface area contributed by atoms with Crippen LogP contribution in [0.5, 0.6) is 0 Å². The maximum atomic E-state index is 11.0. The number of rotatable bonds is 5. The van der Waals surface area contributed by atoms with Crippen LogP contribution in [-0.2, 0) is 21.6 Å². The van der Waals surface area contributed by atoms with Gasteiger partial charge < -0.3 is 14.1 Å². The molecule has 1 aliphatic carbocycles. The van der Waals surface area contributed by atoms with Crippen LogP contribution in [0.1, 0.15) is 63.6 Å². The Morgan fingerprint density at radius 3 is 2.58 bits per heavy atom. The van der Waals surface area contributed by atoms with Crippen molar-refractivity contribution in [1.29, 1.82) is 0 Å².